The number of hydrogen-bond acceptors (Lipinski definition) is 2. The number of hydrogen-bond donors (Lipinski definition) is 1. The van der Waals surface area contributed by atoms with E-state index in [1.807, 2.05) is 30.3 Å². The number of nitrogens with one attached hydrogen (secondary N) is 1. The van der Waals surface area contributed by atoms with Crippen LogP contribution in [0.25, 0.3) is 0 Å². The van der Waals surface area contributed by atoms with E-state index >= 15 is 0 Å². The van der Waals surface area contributed by atoms with Gasteiger partial charge in [0.2, 0.25) is 5.91 Å². The van der Waals surface area contributed by atoms with E-state index in [0.717, 1.165) is 44.5 Å². The number of carbonyl (C=O) groups is 1. The van der Waals surface area contributed by atoms with Crippen molar-refractivity contribution >= 4 is 5.91 Å². The summed E-state index contributed by atoms with van der Waals surface area (Å²) in [7, 11) is 0. The van der Waals surface area contributed by atoms with Crippen LogP contribution >= 0.6 is 0 Å². The molecule has 1 amide bonds. The van der Waals surface area contributed by atoms with E-state index < -0.39 is 0 Å². The fraction of sp³-hybridized carbons (Fsp3) is 0.375. The highest BCUT2D eigenvalue weighted by molar-refractivity contribution is 5.75. The lowest BCUT2D eigenvalue weighted by atomic mass is 9.93. The first kappa shape index (κ1) is 20.1. The number of halogens is 1. The van der Waals surface area contributed by atoms with Gasteiger partial charge in [0.1, 0.15) is 5.82 Å². The van der Waals surface area contributed by atoms with Crippen molar-refractivity contribution in [3.8, 4) is 11.8 Å². The number of piperidine rings is 1. The molecule has 146 valence electrons. The molecule has 1 N–H and O–H groups in total. The number of nitrogens with zero attached hydrogens (tertiary/aromatic N) is 1. The minimum Gasteiger partial charge on any atom is -0.352 e. The minimum absolute atomic E-state index is 0.00996. The van der Waals surface area contributed by atoms with Crippen molar-refractivity contribution in [3.05, 3.63) is 71.5 Å². The average molecular weight is 378 g/mol. The average Bonchev–Trinajstić information content (AvgIpc) is 2.73. The van der Waals surface area contributed by atoms with Gasteiger partial charge in [0, 0.05) is 30.6 Å². The molecule has 1 saturated heterocycles. The molecule has 1 aliphatic heterocycles. The first-order chi connectivity index (χ1) is 13.7. The van der Waals surface area contributed by atoms with E-state index in [4.69, 9.17) is 0 Å². The summed E-state index contributed by atoms with van der Waals surface area (Å²) in [6.07, 6.45) is 3.66. The smallest absolute Gasteiger partial charge is 0.220 e. The van der Waals surface area contributed by atoms with Crippen LogP contribution < -0.4 is 5.32 Å². The van der Waals surface area contributed by atoms with Gasteiger partial charge in [-0.05, 0) is 49.9 Å². The molecule has 0 aromatic heterocycles. The van der Waals surface area contributed by atoms with Crippen LogP contribution in [0.2, 0.25) is 0 Å². The van der Waals surface area contributed by atoms with E-state index in [2.05, 4.69) is 22.1 Å². The van der Waals surface area contributed by atoms with Crippen molar-refractivity contribution in [2.75, 3.05) is 19.6 Å². The zero-order valence-electron chi connectivity index (χ0n) is 16.2. The number of carbonyl (C=O) groups excluding carboxylic acids is 1. The molecule has 0 saturated carbocycles. The highest BCUT2D eigenvalue weighted by Crippen LogP contribution is 2.20. The molecule has 2 aromatic carbocycles. The SMILES string of the molecule is O=C(CCC1CCCN(CC#Cc2ccccc2)C1)NCc1ccccc1F. The molecule has 1 unspecified atom stereocenters. The summed E-state index contributed by atoms with van der Waals surface area (Å²) in [5, 5.41) is 2.83. The third-order valence-corrected chi connectivity index (χ3v) is 5.13. The first-order valence-electron chi connectivity index (χ1n) is 9.97. The van der Waals surface area contributed by atoms with Crippen molar-refractivity contribution < 1.29 is 9.18 Å². The molecule has 28 heavy (non-hydrogen) atoms. The lowest BCUT2D eigenvalue weighted by molar-refractivity contribution is -0.121. The van der Waals surface area contributed by atoms with Crippen LogP contribution in [0.1, 0.15) is 36.8 Å². The standard InChI is InChI=1S/C24H27FN2O/c25-23-13-5-4-12-22(23)18-26-24(28)15-14-21-11-7-17-27(19-21)16-6-10-20-8-2-1-3-9-20/h1-5,8-9,12-13,21H,7,11,14-19H2,(H,26,28). The molecule has 0 bridgehead atoms. The van der Waals surface area contributed by atoms with Gasteiger partial charge in [-0.15, -0.1) is 0 Å². The Balaban J connectivity index is 1.38. The summed E-state index contributed by atoms with van der Waals surface area (Å²) in [4.78, 5) is 14.5. The fourth-order valence-corrected chi connectivity index (χ4v) is 3.56. The van der Waals surface area contributed by atoms with Gasteiger partial charge in [-0.3, -0.25) is 9.69 Å². The Morgan fingerprint density at radius 2 is 1.93 bits per heavy atom. The topological polar surface area (TPSA) is 32.3 Å². The molecule has 4 heteroatoms. The first-order valence-corrected chi connectivity index (χ1v) is 9.97. The highest BCUT2D eigenvalue weighted by atomic mass is 19.1. The van der Waals surface area contributed by atoms with Crippen molar-refractivity contribution in [2.24, 2.45) is 5.92 Å². The number of likely N-dealkylation sites (tertiary alicyclic amines) is 1. The zero-order valence-corrected chi connectivity index (χ0v) is 16.2. The number of benzene rings is 2. The van der Waals surface area contributed by atoms with Gasteiger partial charge in [-0.25, -0.2) is 4.39 Å². The second kappa shape index (κ2) is 10.6. The summed E-state index contributed by atoms with van der Waals surface area (Å²) in [6.45, 7) is 3.08. The Bertz CT molecular complexity index is 825. The molecule has 0 aliphatic carbocycles. The summed E-state index contributed by atoms with van der Waals surface area (Å²) in [5.74, 6) is 6.70. The van der Waals surface area contributed by atoms with Crippen LogP contribution in [0.5, 0.6) is 0 Å². The van der Waals surface area contributed by atoms with Gasteiger partial charge in [0.05, 0.1) is 6.54 Å². The maximum absolute atomic E-state index is 13.6. The molecule has 3 nitrogen and oxygen atoms in total. The predicted octanol–water partition coefficient (Wildman–Crippen LogP) is 3.99. The molecule has 1 fully saturated rings. The van der Waals surface area contributed by atoms with Crippen LogP contribution in [-0.2, 0) is 11.3 Å². The minimum atomic E-state index is -0.276. The van der Waals surface area contributed by atoms with Gasteiger partial charge in [0.15, 0.2) is 0 Å². The molecular weight excluding hydrogens is 351 g/mol. The summed E-state index contributed by atoms with van der Waals surface area (Å²) >= 11 is 0. The third-order valence-electron chi connectivity index (χ3n) is 5.13. The maximum atomic E-state index is 13.6. The summed E-state index contributed by atoms with van der Waals surface area (Å²) in [5.41, 5.74) is 1.57. The van der Waals surface area contributed by atoms with E-state index in [-0.39, 0.29) is 18.3 Å². The Morgan fingerprint density at radius 1 is 1.14 bits per heavy atom. The summed E-state index contributed by atoms with van der Waals surface area (Å²) < 4.78 is 13.6. The van der Waals surface area contributed by atoms with Crippen molar-refractivity contribution in [3.63, 3.8) is 0 Å². The van der Waals surface area contributed by atoms with Crippen LogP contribution in [0, 0.1) is 23.6 Å². The van der Waals surface area contributed by atoms with Crippen LogP contribution in [0.4, 0.5) is 4.39 Å². The lowest BCUT2D eigenvalue weighted by Gasteiger charge is -2.31. The molecule has 0 radical (unpaired) electrons. The van der Waals surface area contributed by atoms with E-state index in [1.54, 1.807) is 18.2 Å². The second-order valence-corrected chi connectivity index (χ2v) is 7.32. The largest absolute Gasteiger partial charge is 0.352 e. The molecule has 1 atom stereocenters. The monoisotopic (exact) mass is 378 g/mol. The van der Waals surface area contributed by atoms with Crippen LogP contribution in [-0.4, -0.2) is 30.4 Å². The molecule has 0 spiro atoms. The van der Waals surface area contributed by atoms with Gasteiger partial charge >= 0.3 is 0 Å². The third kappa shape index (κ3) is 6.51. The molecule has 2 aromatic rings. The highest BCUT2D eigenvalue weighted by Gasteiger charge is 2.20. The lowest BCUT2D eigenvalue weighted by Crippen LogP contribution is -2.36. The maximum Gasteiger partial charge on any atom is 0.220 e. The molecule has 1 heterocycles. The zero-order chi connectivity index (χ0) is 19.6. The van der Waals surface area contributed by atoms with Gasteiger partial charge in [0.25, 0.3) is 0 Å². The Morgan fingerprint density at radius 3 is 2.75 bits per heavy atom. The van der Waals surface area contributed by atoms with Gasteiger partial charge < -0.3 is 5.32 Å². The summed E-state index contributed by atoms with van der Waals surface area (Å²) in [6, 6.07) is 16.6. The van der Waals surface area contributed by atoms with Crippen molar-refractivity contribution in [1.82, 2.24) is 10.2 Å². The molecule has 3 rings (SSSR count). The Labute approximate surface area is 166 Å². The fourth-order valence-electron chi connectivity index (χ4n) is 3.56. The quantitative estimate of drug-likeness (QED) is 0.771. The molecular formula is C24H27FN2O. The Kier molecular flexibility index (Phi) is 7.63. The van der Waals surface area contributed by atoms with E-state index in [9.17, 15) is 9.18 Å². The molecule has 1 aliphatic rings. The van der Waals surface area contributed by atoms with E-state index in [0.29, 0.717) is 17.9 Å². The van der Waals surface area contributed by atoms with Crippen LogP contribution in [0.15, 0.2) is 54.6 Å². The Hall–Kier alpha value is -2.64. The van der Waals surface area contributed by atoms with Gasteiger partial charge in [-0.2, -0.15) is 0 Å². The second-order valence-electron chi connectivity index (χ2n) is 7.32. The van der Waals surface area contributed by atoms with Crippen LogP contribution in [0.3, 0.4) is 0 Å². The predicted molar refractivity (Wildman–Crippen MR) is 110 cm³/mol. The van der Waals surface area contributed by atoms with E-state index in [1.165, 1.54) is 6.07 Å². The number of amides is 1. The number of rotatable bonds is 6. The van der Waals surface area contributed by atoms with Crippen molar-refractivity contribution in [2.45, 2.75) is 32.2 Å². The van der Waals surface area contributed by atoms with Crippen molar-refractivity contribution in [1.29, 1.82) is 0 Å². The normalized spacial score (nSPS) is 16.8. The van der Waals surface area contributed by atoms with Gasteiger partial charge in [-0.1, -0.05) is 48.2 Å².